The van der Waals surface area contributed by atoms with E-state index >= 15 is 0 Å². The lowest BCUT2D eigenvalue weighted by Gasteiger charge is -2.32. The van der Waals surface area contributed by atoms with Crippen molar-refractivity contribution >= 4 is 17.8 Å². The second-order valence-corrected chi connectivity index (χ2v) is 10.3. The third-order valence-electron chi connectivity index (χ3n) is 7.36. The number of amides is 2. The summed E-state index contributed by atoms with van der Waals surface area (Å²) in [5.74, 6) is -0.594. The summed E-state index contributed by atoms with van der Waals surface area (Å²) in [6, 6.07) is 19.9. The molecule has 0 unspecified atom stereocenters. The van der Waals surface area contributed by atoms with Gasteiger partial charge in [-0.25, -0.2) is 0 Å². The van der Waals surface area contributed by atoms with Gasteiger partial charge in [0, 0.05) is 25.9 Å². The fourth-order valence-corrected chi connectivity index (χ4v) is 5.06. The summed E-state index contributed by atoms with van der Waals surface area (Å²) in [4.78, 5) is 40.6. The minimum Gasteiger partial charge on any atom is -0.456 e. The van der Waals surface area contributed by atoms with Crippen molar-refractivity contribution in [2.75, 3.05) is 26.2 Å². The van der Waals surface area contributed by atoms with Gasteiger partial charge in [0.2, 0.25) is 11.8 Å². The minimum absolute atomic E-state index is 0.0941. The number of allylic oxidation sites excluding steroid dienone is 2. The van der Waals surface area contributed by atoms with Crippen LogP contribution in [0, 0.1) is 11.8 Å². The number of esters is 1. The Labute approximate surface area is 225 Å². The predicted octanol–water partition coefficient (Wildman–Crippen LogP) is 4.16. The number of ether oxygens (including phenoxy) is 1. The van der Waals surface area contributed by atoms with E-state index in [1.54, 1.807) is 0 Å². The average Bonchev–Trinajstić information content (AvgIpc) is 2.94. The highest BCUT2D eigenvalue weighted by Crippen LogP contribution is 2.21. The first kappa shape index (κ1) is 27.6. The third-order valence-corrected chi connectivity index (χ3v) is 7.36. The van der Waals surface area contributed by atoms with Crippen LogP contribution in [0.3, 0.4) is 0 Å². The van der Waals surface area contributed by atoms with Crippen molar-refractivity contribution in [2.45, 2.75) is 51.2 Å². The zero-order valence-electron chi connectivity index (χ0n) is 22.0. The standard InChI is InChI=1S/C31H39N3O4/c35-29(32-21-24-16-18-34(19-17-24)23-25-10-4-1-5-11-25)20-27-14-8-3-9-15-30(36)38-28(22-33-31(27)37)26-12-6-2-7-13-26/h1-8,10-13,24,27-28H,9,14-23H2,(H,32,35)(H,33,37)/b8-3+/t27-,28-/m1/s1. The highest BCUT2D eigenvalue weighted by Gasteiger charge is 2.25. The summed E-state index contributed by atoms with van der Waals surface area (Å²) in [5, 5.41) is 6.00. The maximum absolute atomic E-state index is 13.0. The van der Waals surface area contributed by atoms with E-state index in [9.17, 15) is 14.4 Å². The molecule has 7 heteroatoms. The fraction of sp³-hybridized carbons (Fsp3) is 0.452. The molecule has 202 valence electrons. The Bertz CT molecular complexity index is 1070. The van der Waals surface area contributed by atoms with Gasteiger partial charge in [0.25, 0.3) is 0 Å². The molecular formula is C31H39N3O4. The van der Waals surface area contributed by atoms with Crippen LogP contribution in [0.4, 0.5) is 0 Å². The Balaban J connectivity index is 1.25. The predicted molar refractivity (Wildman–Crippen MR) is 147 cm³/mol. The van der Waals surface area contributed by atoms with Crippen molar-refractivity contribution in [3.8, 4) is 0 Å². The molecule has 0 spiro atoms. The maximum Gasteiger partial charge on any atom is 0.306 e. The molecule has 0 bridgehead atoms. The Kier molecular flexibility index (Phi) is 10.5. The Morgan fingerprint density at radius 3 is 2.42 bits per heavy atom. The number of nitrogens with one attached hydrogen (secondary N) is 2. The van der Waals surface area contributed by atoms with E-state index in [0.29, 0.717) is 25.3 Å². The molecule has 2 N–H and O–H groups in total. The normalized spacial score (nSPS) is 22.8. The third kappa shape index (κ3) is 8.84. The van der Waals surface area contributed by atoms with Gasteiger partial charge in [-0.05, 0) is 55.8 Å². The minimum atomic E-state index is -0.557. The number of carbonyl (C=O) groups is 3. The molecule has 2 heterocycles. The zero-order valence-corrected chi connectivity index (χ0v) is 22.0. The smallest absolute Gasteiger partial charge is 0.306 e. The number of piperidine rings is 1. The molecule has 1 fully saturated rings. The molecule has 0 aromatic heterocycles. The first-order valence-electron chi connectivity index (χ1n) is 13.8. The second-order valence-electron chi connectivity index (χ2n) is 10.3. The topological polar surface area (TPSA) is 87.7 Å². The van der Waals surface area contributed by atoms with Crippen molar-refractivity contribution in [3.05, 3.63) is 83.9 Å². The second kappa shape index (κ2) is 14.5. The highest BCUT2D eigenvalue weighted by atomic mass is 16.5. The van der Waals surface area contributed by atoms with Gasteiger partial charge in [-0.15, -0.1) is 0 Å². The summed E-state index contributed by atoms with van der Waals surface area (Å²) < 4.78 is 5.65. The number of hydrogen-bond acceptors (Lipinski definition) is 5. The van der Waals surface area contributed by atoms with E-state index in [1.165, 1.54) is 5.56 Å². The number of cyclic esters (lactones) is 1. The number of nitrogens with zero attached hydrogens (tertiary/aromatic N) is 1. The molecule has 38 heavy (non-hydrogen) atoms. The lowest BCUT2D eigenvalue weighted by atomic mass is 9.95. The summed E-state index contributed by atoms with van der Waals surface area (Å²) in [6.07, 6.45) is 6.76. The maximum atomic E-state index is 13.0. The first-order chi connectivity index (χ1) is 18.6. The van der Waals surface area contributed by atoms with Crippen LogP contribution in [-0.2, 0) is 25.7 Å². The molecule has 2 aliphatic heterocycles. The Hall–Kier alpha value is -3.45. The van der Waals surface area contributed by atoms with Crippen LogP contribution >= 0.6 is 0 Å². The quantitative estimate of drug-likeness (QED) is 0.425. The van der Waals surface area contributed by atoms with Gasteiger partial charge in [-0.1, -0.05) is 72.8 Å². The lowest BCUT2D eigenvalue weighted by Crippen LogP contribution is -2.40. The Morgan fingerprint density at radius 1 is 0.974 bits per heavy atom. The number of carbonyl (C=O) groups excluding carboxylic acids is 3. The number of rotatable bonds is 7. The average molecular weight is 518 g/mol. The van der Waals surface area contributed by atoms with Crippen LogP contribution in [0.25, 0.3) is 0 Å². The number of likely N-dealkylation sites (tertiary alicyclic amines) is 1. The van der Waals surface area contributed by atoms with Gasteiger partial charge in [-0.2, -0.15) is 0 Å². The van der Waals surface area contributed by atoms with Crippen molar-refractivity contribution in [3.63, 3.8) is 0 Å². The van der Waals surface area contributed by atoms with Crippen molar-refractivity contribution in [1.29, 1.82) is 0 Å². The molecule has 2 aromatic rings. The first-order valence-corrected chi connectivity index (χ1v) is 13.8. The molecule has 2 atom stereocenters. The van der Waals surface area contributed by atoms with E-state index < -0.39 is 12.0 Å². The molecule has 2 aromatic carbocycles. The Morgan fingerprint density at radius 2 is 1.68 bits per heavy atom. The van der Waals surface area contributed by atoms with Crippen molar-refractivity contribution in [2.24, 2.45) is 11.8 Å². The summed E-state index contributed by atoms with van der Waals surface area (Å²) in [6.45, 7) is 3.84. The monoisotopic (exact) mass is 517 g/mol. The largest absolute Gasteiger partial charge is 0.456 e. The van der Waals surface area contributed by atoms with Crippen LogP contribution in [-0.4, -0.2) is 48.9 Å². The molecule has 2 aliphatic rings. The zero-order chi connectivity index (χ0) is 26.6. The number of hydrogen-bond donors (Lipinski definition) is 2. The molecular weight excluding hydrogens is 478 g/mol. The molecule has 7 nitrogen and oxygen atoms in total. The van der Waals surface area contributed by atoms with Crippen molar-refractivity contribution in [1.82, 2.24) is 15.5 Å². The van der Waals surface area contributed by atoms with Crippen LogP contribution in [0.1, 0.15) is 55.8 Å². The van der Waals surface area contributed by atoms with Crippen molar-refractivity contribution < 1.29 is 19.1 Å². The van der Waals surface area contributed by atoms with Gasteiger partial charge < -0.3 is 15.4 Å². The van der Waals surface area contributed by atoms with E-state index in [1.807, 2.05) is 48.6 Å². The SMILES string of the molecule is O=C(C[C@H]1C/C=C/CCC(=O)O[C@@H](c2ccccc2)CNC1=O)NCC1CCN(Cc2ccccc2)CC1. The lowest BCUT2D eigenvalue weighted by molar-refractivity contribution is -0.150. The highest BCUT2D eigenvalue weighted by molar-refractivity contribution is 5.86. The van der Waals surface area contributed by atoms with E-state index in [2.05, 4.69) is 39.8 Å². The van der Waals surface area contributed by atoms with Gasteiger partial charge in [0.05, 0.1) is 12.5 Å². The van der Waals surface area contributed by atoms with Crippen LogP contribution in [0.5, 0.6) is 0 Å². The molecule has 2 amide bonds. The van der Waals surface area contributed by atoms with E-state index in [-0.39, 0.29) is 37.2 Å². The molecule has 1 saturated heterocycles. The number of benzene rings is 2. The van der Waals surface area contributed by atoms with Crippen LogP contribution < -0.4 is 10.6 Å². The molecule has 4 rings (SSSR count). The fourth-order valence-electron chi connectivity index (χ4n) is 5.06. The summed E-state index contributed by atoms with van der Waals surface area (Å²) >= 11 is 0. The van der Waals surface area contributed by atoms with E-state index in [0.717, 1.165) is 38.0 Å². The van der Waals surface area contributed by atoms with Crippen LogP contribution in [0.15, 0.2) is 72.8 Å². The molecule has 0 radical (unpaired) electrons. The van der Waals surface area contributed by atoms with Crippen LogP contribution in [0.2, 0.25) is 0 Å². The van der Waals surface area contributed by atoms with Gasteiger partial charge in [0.1, 0.15) is 6.10 Å². The van der Waals surface area contributed by atoms with Gasteiger partial charge in [-0.3, -0.25) is 19.3 Å². The van der Waals surface area contributed by atoms with Gasteiger partial charge >= 0.3 is 5.97 Å². The summed E-state index contributed by atoms with van der Waals surface area (Å²) in [7, 11) is 0. The summed E-state index contributed by atoms with van der Waals surface area (Å²) in [5.41, 5.74) is 2.16. The molecule has 0 saturated carbocycles. The van der Waals surface area contributed by atoms with Gasteiger partial charge in [0.15, 0.2) is 0 Å². The molecule has 0 aliphatic carbocycles. The van der Waals surface area contributed by atoms with E-state index in [4.69, 9.17) is 4.74 Å².